The quantitative estimate of drug-likeness (QED) is 0.737. The zero-order valence-corrected chi connectivity index (χ0v) is 16.7. The van der Waals surface area contributed by atoms with E-state index >= 15 is 0 Å². The molecule has 2 aliphatic carbocycles. The lowest BCUT2D eigenvalue weighted by Gasteiger charge is -2.33. The lowest BCUT2D eigenvalue weighted by Crippen LogP contribution is -2.33. The molecule has 2 N–H and O–H groups in total. The number of benzene rings is 1. The first kappa shape index (κ1) is 19.7. The van der Waals surface area contributed by atoms with Gasteiger partial charge in [0.05, 0.1) is 0 Å². The van der Waals surface area contributed by atoms with Crippen LogP contribution in [0.5, 0.6) is 0 Å². The van der Waals surface area contributed by atoms with Gasteiger partial charge in [0, 0.05) is 44.2 Å². The van der Waals surface area contributed by atoms with Crippen molar-refractivity contribution in [3.63, 3.8) is 0 Å². The Morgan fingerprint density at radius 3 is 2.37 bits per heavy atom. The lowest BCUT2D eigenvalue weighted by molar-refractivity contribution is -0.123. The van der Waals surface area contributed by atoms with E-state index in [1.807, 2.05) is 0 Å². The average Bonchev–Trinajstić information content (AvgIpc) is 3.43. The smallest absolute Gasteiger partial charge is 0.223 e. The van der Waals surface area contributed by atoms with E-state index in [1.165, 1.54) is 37.8 Å². The maximum atomic E-state index is 12.0. The molecular formula is C22H33N3O2. The molecule has 5 heteroatoms. The number of anilines is 1. The highest BCUT2D eigenvalue weighted by Crippen LogP contribution is 2.37. The van der Waals surface area contributed by atoms with Gasteiger partial charge in [0.2, 0.25) is 11.8 Å². The minimum atomic E-state index is -0.0254. The van der Waals surface area contributed by atoms with Gasteiger partial charge in [0.1, 0.15) is 0 Å². The number of hydrogen-bond acceptors (Lipinski definition) is 3. The van der Waals surface area contributed by atoms with Crippen molar-refractivity contribution in [2.45, 2.75) is 64.5 Å². The fourth-order valence-electron chi connectivity index (χ4n) is 3.93. The van der Waals surface area contributed by atoms with Crippen LogP contribution in [0.25, 0.3) is 0 Å². The van der Waals surface area contributed by atoms with Crippen molar-refractivity contribution in [2.75, 3.05) is 18.5 Å². The summed E-state index contributed by atoms with van der Waals surface area (Å²) in [5, 5.41) is 5.78. The van der Waals surface area contributed by atoms with Crippen LogP contribution >= 0.6 is 0 Å². The van der Waals surface area contributed by atoms with Crippen LogP contribution in [0.3, 0.4) is 0 Å². The van der Waals surface area contributed by atoms with E-state index in [4.69, 9.17) is 0 Å². The van der Waals surface area contributed by atoms with Gasteiger partial charge in [0.15, 0.2) is 0 Å². The lowest BCUT2D eigenvalue weighted by atomic mass is 9.94. The summed E-state index contributed by atoms with van der Waals surface area (Å²) in [5.41, 5.74) is 2.34. The number of rotatable bonds is 8. The molecule has 2 fully saturated rings. The van der Waals surface area contributed by atoms with Gasteiger partial charge in [-0.15, -0.1) is 0 Å². The Kier molecular flexibility index (Phi) is 6.75. The molecule has 148 valence electrons. The van der Waals surface area contributed by atoms with Gasteiger partial charge in [-0.2, -0.15) is 0 Å². The summed E-state index contributed by atoms with van der Waals surface area (Å²) in [6.45, 7) is 3.02. The normalized spacial score (nSPS) is 22.1. The molecule has 2 atom stereocenters. The first-order chi connectivity index (χ1) is 13.0. The minimum Gasteiger partial charge on any atom is -0.372 e. The van der Waals surface area contributed by atoms with Gasteiger partial charge in [-0.3, -0.25) is 9.59 Å². The van der Waals surface area contributed by atoms with Crippen LogP contribution < -0.4 is 15.5 Å². The Hall–Kier alpha value is -2.04. The highest BCUT2D eigenvalue weighted by atomic mass is 16.2. The Labute approximate surface area is 162 Å². The van der Waals surface area contributed by atoms with Crippen molar-refractivity contribution < 1.29 is 9.59 Å². The molecule has 0 radical (unpaired) electrons. The molecule has 0 spiro atoms. The predicted molar refractivity (Wildman–Crippen MR) is 108 cm³/mol. The fraction of sp³-hybridized carbons (Fsp3) is 0.636. The van der Waals surface area contributed by atoms with Crippen LogP contribution in [0.1, 0.15) is 57.4 Å². The molecule has 0 aliphatic heterocycles. The Morgan fingerprint density at radius 1 is 1.07 bits per heavy atom. The van der Waals surface area contributed by atoms with Crippen molar-refractivity contribution >= 4 is 17.5 Å². The first-order valence-corrected chi connectivity index (χ1v) is 10.4. The van der Waals surface area contributed by atoms with Gasteiger partial charge in [-0.25, -0.2) is 0 Å². The number of carbonyl (C=O) groups is 2. The largest absolute Gasteiger partial charge is 0.372 e. The van der Waals surface area contributed by atoms with Crippen LogP contribution in [0, 0.1) is 11.8 Å². The molecule has 27 heavy (non-hydrogen) atoms. The summed E-state index contributed by atoms with van der Waals surface area (Å²) in [5.74, 6) is 0.729. The molecule has 3 rings (SSSR count). The van der Waals surface area contributed by atoms with Crippen molar-refractivity contribution in [2.24, 2.45) is 11.8 Å². The molecular weight excluding hydrogens is 338 g/mol. The van der Waals surface area contributed by atoms with E-state index < -0.39 is 0 Å². The number of nitrogens with zero attached hydrogens (tertiary/aromatic N) is 1. The second kappa shape index (κ2) is 9.25. The van der Waals surface area contributed by atoms with E-state index in [0.717, 1.165) is 12.0 Å². The minimum absolute atomic E-state index is 0.0254. The summed E-state index contributed by atoms with van der Waals surface area (Å²) in [6.07, 6.45) is 7.90. The molecule has 2 aliphatic rings. The third kappa shape index (κ3) is 5.72. The summed E-state index contributed by atoms with van der Waals surface area (Å²) in [6, 6.07) is 9.12. The average molecular weight is 372 g/mol. The monoisotopic (exact) mass is 371 g/mol. The zero-order valence-electron chi connectivity index (χ0n) is 16.7. The van der Waals surface area contributed by atoms with E-state index in [2.05, 4.69) is 53.8 Å². The van der Waals surface area contributed by atoms with Crippen LogP contribution in [0.4, 0.5) is 5.69 Å². The standard InChI is InChI=1S/C22H33N3O2/c1-16-14-20(16)22(27)23-13-12-21(26)24-15-17-8-10-19(11-9-17)25(2)18-6-4-3-5-7-18/h8-11,16,18,20H,3-7,12-15H2,1-2H3,(H,23,27)(H,24,26). The summed E-state index contributed by atoms with van der Waals surface area (Å²) in [7, 11) is 2.18. The van der Waals surface area contributed by atoms with E-state index in [0.29, 0.717) is 31.5 Å². The van der Waals surface area contributed by atoms with E-state index in [9.17, 15) is 9.59 Å². The fourth-order valence-corrected chi connectivity index (χ4v) is 3.93. The second-order valence-electron chi connectivity index (χ2n) is 8.21. The molecule has 2 amide bonds. The topological polar surface area (TPSA) is 61.4 Å². The molecule has 5 nitrogen and oxygen atoms in total. The van der Waals surface area contributed by atoms with Gasteiger partial charge in [0.25, 0.3) is 0 Å². The summed E-state index contributed by atoms with van der Waals surface area (Å²) >= 11 is 0. The van der Waals surface area contributed by atoms with Crippen LogP contribution in [-0.2, 0) is 16.1 Å². The third-order valence-corrected chi connectivity index (χ3v) is 6.05. The highest BCUT2D eigenvalue weighted by molar-refractivity contribution is 5.82. The molecule has 1 aromatic rings. The van der Waals surface area contributed by atoms with Crippen molar-refractivity contribution in [3.8, 4) is 0 Å². The third-order valence-electron chi connectivity index (χ3n) is 6.05. The molecule has 0 heterocycles. The molecule has 0 aromatic heterocycles. The van der Waals surface area contributed by atoms with Gasteiger partial charge in [-0.1, -0.05) is 38.3 Å². The van der Waals surface area contributed by atoms with Crippen LogP contribution in [0.15, 0.2) is 24.3 Å². The predicted octanol–water partition coefficient (Wildman–Crippen LogP) is 3.23. The van der Waals surface area contributed by atoms with Crippen molar-refractivity contribution in [1.29, 1.82) is 0 Å². The molecule has 2 saturated carbocycles. The maximum absolute atomic E-state index is 12.0. The Balaban J connectivity index is 1.36. The Bertz CT molecular complexity index is 637. The molecule has 1 aromatic carbocycles. The van der Waals surface area contributed by atoms with Crippen molar-refractivity contribution in [1.82, 2.24) is 10.6 Å². The zero-order chi connectivity index (χ0) is 19.2. The van der Waals surface area contributed by atoms with Gasteiger partial charge in [-0.05, 0) is 42.9 Å². The molecule has 2 unspecified atom stereocenters. The number of nitrogens with one attached hydrogen (secondary N) is 2. The second-order valence-corrected chi connectivity index (χ2v) is 8.21. The Morgan fingerprint density at radius 2 is 1.74 bits per heavy atom. The van der Waals surface area contributed by atoms with Gasteiger partial charge >= 0.3 is 0 Å². The van der Waals surface area contributed by atoms with Crippen molar-refractivity contribution in [3.05, 3.63) is 29.8 Å². The van der Waals surface area contributed by atoms with Crippen LogP contribution in [0.2, 0.25) is 0 Å². The SMILES string of the molecule is CC1CC1C(=O)NCCC(=O)NCc1ccc(N(C)C2CCCCC2)cc1. The molecule has 0 bridgehead atoms. The van der Waals surface area contributed by atoms with Crippen LogP contribution in [-0.4, -0.2) is 31.4 Å². The number of carbonyl (C=O) groups excluding carboxylic acids is 2. The number of hydrogen-bond donors (Lipinski definition) is 2. The number of amides is 2. The van der Waals surface area contributed by atoms with E-state index in [1.54, 1.807) is 0 Å². The highest BCUT2D eigenvalue weighted by Gasteiger charge is 2.38. The summed E-state index contributed by atoms with van der Waals surface area (Å²) < 4.78 is 0. The van der Waals surface area contributed by atoms with Gasteiger partial charge < -0.3 is 15.5 Å². The van der Waals surface area contributed by atoms with E-state index in [-0.39, 0.29) is 17.7 Å². The first-order valence-electron chi connectivity index (χ1n) is 10.4. The maximum Gasteiger partial charge on any atom is 0.223 e. The molecule has 0 saturated heterocycles. The summed E-state index contributed by atoms with van der Waals surface area (Å²) in [4.78, 5) is 26.1.